The molecule has 4 nitrogen and oxygen atoms in total. The van der Waals surface area contributed by atoms with Gasteiger partial charge in [0.05, 0.1) is 12.2 Å². The molecule has 104 valence electrons. The van der Waals surface area contributed by atoms with E-state index in [1.54, 1.807) is 0 Å². The Hall–Kier alpha value is -0.910. The summed E-state index contributed by atoms with van der Waals surface area (Å²) in [6.45, 7) is 0.0628. The lowest BCUT2D eigenvalue weighted by Crippen LogP contribution is -2.28. The third-order valence-electron chi connectivity index (χ3n) is 3.20. The number of halogens is 1. The molecule has 1 aliphatic rings. The first-order chi connectivity index (χ1) is 9.13. The van der Waals surface area contributed by atoms with Gasteiger partial charge in [-0.3, -0.25) is 4.79 Å². The van der Waals surface area contributed by atoms with E-state index < -0.39 is 0 Å². The van der Waals surface area contributed by atoms with Crippen LogP contribution in [0.4, 0.5) is 5.69 Å². The number of rotatable bonds is 4. The summed E-state index contributed by atoms with van der Waals surface area (Å²) >= 11 is 3.35. The van der Waals surface area contributed by atoms with E-state index in [1.165, 1.54) is 0 Å². The van der Waals surface area contributed by atoms with Gasteiger partial charge < -0.3 is 15.2 Å². The monoisotopic (exact) mass is 327 g/mol. The molecule has 0 saturated heterocycles. The zero-order valence-corrected chi connectivity index (χ0v) is 12.2. The molecule has 1 saturated carbocycles. The molecule has 2 rings (SSSR count). The molecule has 1 aromatic rings. The first-order valence-corrected chi connectivity index (χ1v) is 7.28. The second kappa shape index (κ2) is 7.03. The van der Waals surface area contributed by atoms with Crippen molar-refractivity contribution >= 4 is 27.5 Å². The first-order valence-electron chi connectivity index (χ1n) is 6.48. The number of aliphatic hydroxyl groups is 1. The quantitative estimate of drug-likeness (QED) is 0.893. The van der Waals surface area contributed by atoms with E-state index in [0.29, 0.717) is 0 Å². The number of ether oxygens (including phenoxy) is 1. The molecule has 1 amide bonds. The number of anilines is 1. The van der Waals surface area contributed by atoms with E-state index in [4.69, 9.17) is 4.74 Å². The van der Waals surface area contributed by atoms with Crippen LogP contribution in [0.15, 0.2) is 28.7 Å². The van der Waals surface area contributed by atoms with Crippen LogP contribution in [-0.4, -0.2) is 29.8 Å². The van der Waals surface area contributed by atoms with Crippen molar-refractivity contribution in [2.75, 3.05) is 11.9 Å². The van der Waals surface area contributed by atoms with Crippen molar-refractivity contribution in [1.82, 2.24) is 0 Å². The fraction of sp³-hybridized carbons (Fsp3) is 0.500. The van der Waals surface area contributed by atoms with Gasteiger partial charge in [-0.2, -0.15) is 0 Å². The fourth-order valence-electron chi connectivity index (χ4n) is 2.17. The first kappa shape index (κ1) is 14.5. The summed E-state index contributed by atoms with van der Waals surface area (Å²) in [5.74, 6) is -0.149. The summed E-state index contributed by atoms with van der Waals surface area (Å²) in [5.41, 5.74) is 0.752. The Labute approximate surface area is 121 Å². The normalized spacial score (nSPS) is 23.1. The zero-order chi connectivity index (χ0) is 13.7. The Morgan fingerprint density at radius 1 is 1.37 bits per heavy atom. The number of carbonyl (C=O) groups excluding carboxylic acids is 1. The van der Waals surface area contributed by atoms with Gasteiger partial charge in [0, 0.05) is 10.2 Å². The smallest absolute Gasteiger partial charge is 0.250 e. The summed E-state index contributed by atoms with van der Waals surface area (Å²) in [6, 6.07) is 7.44. The highest BCUT2D eigenvalue weighted by molar-refractivity contribution is 9.10. The number of amides is 1. The molecule has 0 unspecified atom stereocenters. The maximum absolute atomic E-state index is 11.7. The molecule has 0 radical (unpaired) electrons. The third kappa shape index (κ3) is 4.93. The Balaban J connectivity index is 1.73. The fourth-order valence-corrected chi connectivity index (χ4v) is 2.57. The van der Waals surface area contributed by atoms with E-state index in [9.17, 15) is 9.90 Å². The number of carbonyl (C=O) groups is 1. The predicted octanol–water partition coefficient (Wildman–Crippen LogP) is 2.71. The van der Waals surface area contributed by atoms with Crippen molar-refractivity contribution in [3.63, 3.8) is 0 Å². The summed E-state index contributed by atoms with van der Waals surface area (Å²) in [6.07, 6.45) is 3.07. The van der Waals surface area contributed by atoms with Gasteiger partial charge in [0.15, 0.2) is 0 Å². The van der Waals surface area contributed by atoms with Gasteiger partial charge in [-0.05, 0) is 43.9 Å². The van der Waals surface area contributed by atoms with Crippen LogP contribution in [-0.2, 0) is 9.53 Å². The second-order valence-electron chi connectivity index (χ2n) is 4.80. The van der Waals surface area contributed by atoms with Crippen molar-refractivity contribution < 1.29 is 14.6 Å². The molecule has 0 aliphatic heterocycles. The minimum Gasteiger partial charge on any atom is -0.393 e. The highest BCUT2D eigenvalue weighted by Gasteiger charge is 2.20. The molecular formula is C14H18BrNO3. The Morgan fingerprint density at radius 3 is 2.79 bits per heavy atom. The van der Waals surface area contributed by atoms with E-state index in [-0.39, 0.29) is 24.7 Å². The number of hydrogen-bond donors (Lipinski definition) is 2. The van der Waals surface area contributed by atoms with Crippen LogP contribution in [0, 0.1) is 0 Å². The topological polar surface area (TPSA) is 58.6 Å². The number of benzene rings is 1. The van der Waals surface area contributed by atoms with Crippen LogP contribution in [0.5, 0.6) is 0 Å². The van der Waals surface area contributed by atoms with Crippen LogP contribution < -0.4 is 5.32 Å². The molecule has 0 aromatic heterocycles. The maximum atomic E-state index is 11.7. The molecule has 1 aromatic carbocycles. The molecule has 19 heavy (non-hydrogen) atoms. The van der Waals surface area contributed by atoms with Crippen molar-refractivity contribution in [3.8, 4) is 0 Å². The van der Waals surface area contributed by atoms with Crippen molar-refractivity contribution in [3.05, 3.63) is 28.7 Å². The molecule has 0 atom stereocenters. The van der Waals surface area contributed by atoms with Gasteiger partial charge in [0.2, 0.25) is 5.91 Å². The van der Waals surface area contributed by atoms with Crippen molar-refractivity contribution in [2.45, 2.75) is 37.9 Å². The molecule has 5 heteroatoms. The van der Waals surface area contributed by atoms with Gasteiger partial charge in [0.25, 0.3) is 0 Å². The number of hydrogen-bond acceptors (Lipinski definition) is 3. The Morgan fingerprint density at radius 2 is 2.11 bits per heavy atom. The summed E-state index contributed by atoms with van der Waals surface area (Å²) in [4.78, 5) is 11.7. The van der Waals surface area contributed by atoms with Crippen molar-refractivity contribution in [1.29, 1.82) is 0 Å². The third-order valence-corrected chi connectivity index (χ3v) is 3.70. The van der Waals surface area contributed by atoms with E-state index in [2.05, 4.69) is 21.2 Å². The highest BCUT2D eigenvalue weighted by Crippen LogP contribution is 2.21. The largest absolute Gasteiger partial charge is 0.393 e. The molecule has 0 heterocycles. The van der Waals surface area contributed by atoms with Crippen LogP contribution in [0.25, 0.3) is 0 Å². The molecule has 1 fully saturated rings. The van der Waals surface area contributed by atoms with Crippen molar-refractivity contribution in [2.24, 2.45) is 0 Å². The minimum absolute atomic E-state index is 0.0628. The molecule has 0 bridgehead atoms. The Kier molecular flexibility index (Phi) is 5.36. The maximum Gasteiger partial charge on any atom is 0.250 e. The minimum atomic E-state index is -0.199. The predicted molar refractivity (Wildman–Crippen MR) is 77.0 cm³/mol. The van der Waals surface area contributed by atoms with E-state index in [1.807, 2.05) is 24.3 Å². The van der Waals surface area contributed by atoms with Crippen LogP contribution in [0.1, 0.15) is 25.7 Å². The molecular weight excluding hydrogens is 310 g/mol. The number of aliphatic hydroxyl groups excluding tert-OH is 1. The van der Waals surface area contributed by atoms with Crippen LogP contribution >= 0.6 is 15.9 Å². The Bertz CT molecular complexity index is 430. The average Bonchev–Trinajstić information content (AvgIpc) is 2.38. The SMILES string of the molecule is O=C(COC1CCC(O)CC1)Nc1cccc(Br)c1. The summed E-state index contributed by atoms with van der Waals surface area (Å²) in [7, 11) is 0. The standard InChI is InChI=1S/C14H18BrNO3/c15-10-2-1-3-11(8-10)16-14(18)9-19-13-6-4-12(17)5-7-13/h1-3,8,12-13,17H,4-7,9H2,(H,16,18). The van der Waals surface area contributed by atoms with Gasteiger partial charge in [-0.15, -0.1) is 0 Å². The van der Waals surface area contributed by atoms with Gasteiger partial charge in [0.1, 0.15) is 6.61 Å². The van der Waals surface area contributed by atoms with Gasteiger partial charge in [-0.25, -0.2) is 0 Å². The van der Waals surface area contributed by atoms with E-state index in [0.717, 1.165) is 35.8 Å². The van der Waals surface area contributed by atoms with Crippen LogP contribution in [0.2, 0.25) is 0 Å². The molecule has 1 aliphatic carbocycles. The lowest BCUT2D eigenvalue weighted by Gasteiger charge is -2.25. The van der Waals surface area contributed by atoms with Gasteiger partial charge >= 0.3 is 0 Å². The lowest BCUT2D eigenvalue weighted by molar-refractivity contribution is -0.123. The highest BCUT2D eigenvalue weighted by atomic mass is 79.9. The average molecular weight is 328 g/mol. The van der Waals surface area contributed by atoms with Crippen LogP contribution in [0.3, 0.4) is 0 Å². The second-order valence-corrected chi connectivity index (χ2v) is 5.72. The number of nitrogens with one attached hydrogen (secondary N) is 1. The summed E-state index contributed by atoms with van der Waals surface area (Å²) in [5, 5.41) is 12.2. The zero-order valence-electron chi connectivity index (χ0n) is 10.6. The molecule has 0 spiro atoms. The van der Waals surface area contributed by atoms with E-state index >= 15 is 0 Å². The molecule has 2 N–H and O–H groups in total. The lowest BCUT2D eigenvalue weighted by atomic mass is 9.95. The van der Waals surface area contributed by atoms with Gasteiger partial charge in [-0.1, -0.05) is 22.0 Å². The summed E-state index contributed by atoms with van der Waals surface area (Å²) < 4.78 is 6.48.